The van der Waals surface area contributed by atoms with Gasteiger partial charge in [-0.15, -0.1) is 0 Å². The third kappa shape index (κ3) is 2.88. The molecule has 0 radical (unpaired) electrons. The summed E-state index contributed by atoms with van der Waals surface area (Å²) in [6.07, 6.45) is -3.50. The average Bonchev–Trinajstić information content (AvgIpc) is 2.90. The number of nitrogens with zero attached hydrogens (tertiary/aromatic N) is 2. The Balaban J connectivity index is 1.76. The second kappa shape index (κ2) is 5.57. The molecule has 10 heteroatoms. The van der Waals surface area contributed by atoms with Crippen molar-refractivity contribution in [3.63, 3.8) is 0 Å². The maximum absolute atomic E-state index is 12.7. The molecule has 0 bridgehead atoms. The summed E-state index contributed by atoms with van der Waals surface area (Å²) in [6, 6.07) is -1.80. The van der Waals surface area contributed by atoms with Crippen LogP contribution >= 0.6 is 11.8 Å². The molecule has 3 rings (SSSR count). The van der Waals surface area contributed by atoms with Gasteiger partial charge in [-0.1, -0.05) is 0 Å². The van der Waals surface area contributed by atoms with Gasteiger partial charge in [0, 0.05) is 6.54 Å². The molecule has 0 aromatic rings. The van der Waals surface area contributed by atoms with Gasteiger partial charge in [0.15, 0.2) is 0 Å². The summed E-state index contributed by atoms with van der Waals surface area (Å²) < 4.78 is 37.4. The summed E-state index contributed by atoms with van der Waals surface area (Å²) in [6.45, 7) is -1.46. The zero-order chi connectivity index (χ0) is 16.8. The smallest absolute Gasteiger partial charge is 0.332 e. The molecule has 0 aromatic heterocycles. The molecule has 1 spiro atoms. The minimum atomic E-state index is -4.50. The summed E-state index contributed by atoms with van der Waals surface area (Å²) in [4.78, 5) is 38.5. The first-order chi connectivity index (χ1) is 10.7. The zero-order valence-corrected chi connectivity index (χ0v) is 13.0. The van der Waals surface area contributed by atoms with E-state index >= 15 is 0 Å². The van der Waals surface area contributed by atoms with E-state index in [4.69, 9.17) is 0 Å². The Hall–Kier alpha value is -1.45. The number of urea groups is 1. The average molecular weight is 351 g/mol. The number of thioether (sulfide) groups is 1. The standard InChI is InChI=1S/C13H16F3N3O3S/c14-13(15,16)7-18-4-1-8(9(18)20)19-10(21)12(17-11(19)22)2-5-23-6-3-12/h8H,1-7H2,(H,17,22). The van der Waals surface area contributed by atoms with E-state index in [1.54, 1.807) is 11.8 Å². The van der Waals surface area contributed by atoms with Gasteiger partial charge in [-0.25, -0.2) is 9.69 Å². The molecule has 1 atom stereocenters. The van der Waals surface area contributed by atoms with Crippen molar-refractivity contribution in [3.05, 3.63) is 0 Å². The molecule has 3 heterocycles. The van der Waals surface area contributed by atoms with E-state index < -0.39 is 42.1 Å². The molecule has 4 amide bonds. The maximum Gasteiger partial charge on any atom is 0.406 e. The monoisotopic (exact) mass is 351 g/mol. The number of hydrogen-bond acceptors (Lipinski definition) is 4. The normalized spacial score (nSPS) is 28.0. The van der Waals surface area contributed by atoms with E-state index in [0.717, 1.165) is 16.4 Å². The first-order valence-electron chi connectivity index (χ1n) is 7.33. The highest BCUT2D eigenvalue weighted by Crippen LogP contribution is 2.35. The molecule has 3 saturated heterocycles. The van der Waals surface area contributed by atoms with Crippen LogP contribution in [0.4, 0.5) is 18.0 Å². The fraction of sp³-hybridized carbons (Fsp3) is 0.769. The van der Waals surface area contributed by atoms with Crippen LogP contribution in [-0.4, -0.2) is 70.0 Å². The van der Waals surface area contributed by atoms with Gasteiger partial charge in [0.25, 0.3) is 5.91 Å². The molecule has 0 aliphatic carbocycles. The van der Waals surface area contributed by atoms with Crippen LogP contribution in [0.3, 0.4) is 0 Å². The lowest BCUT2D eigenvalue weighted by molar-refractivity contribution is -0.159. The van der Waals surface area contributed by atoms with Crippen LogP contribution in [0.5, 0.6) is 0 Å². The van der Waals surface area contributed by atoms with Crippen molar-refractivity contribution in [1.82, 2.24) is 15.1 Å². The number of alkyl halides is 3. The number of imide groups is 1. The fourth-order valence-corrected chi connectivity index (χ4v) is 4.51. The van der Waals surface area contributed by atoms with Gasteiger partial charge < -0.3 is 10.2 Å². The van der Waals surface area contributed by atoms with E-state index in [9.17, 15) is 27.6 Å². The highest BCUT2D eigenvalue weighted by atomic mass is 32.2. The van der Waals surface area contributed by atoms with Crippen LogP contribution in [0.25, 0.3) is 0 Å². The molecule has 128 valence electrons. The number of likely N-dealkylation sites (tertiary alicyclic amines) is 1. The lowest BCUT2D eigenvalue weighted by Gasteiger charge is -2.30. The number of hydrogen-bond donors (Lipinski definition) is 1. The number of nitrogens with one attached hydrogen (secondary N) is 1. The molecule has 0 saturated carbocycles. The van der Waals surface area contributed by atoms with E-state index in [2.05, 4.69) is 5.32 Å². The Morgan fingerprint density at radius 3 is 2.48 bits per heavy atom. The predicted octanol–water partition coefficient (Wildman–Crippen LogP) is 0.967. The largest absolute Gasteiger partial charge is 0.406 e. The second-order valence-corrected chi connectivity index (χ2v) is 7.20. The van der Waals surface area contributed by atoms with Crippen molar-refractivity contribution < 1.29 is 27.6 Å². The van der Waals surface area contributed by atoms with Crippen molar-refractivity contribution >= 4 is 29.6 Å². The SMILES string of the molecule is O=C1C(N2C(=O)NC3(CCSCC3)C2=O)CCN1CC(F)(F)F. The summed E-state index contributed by atoms with van der Waals surface area (Å²) in [5.74, 6) is 0.153. The maximum atomic E-state index is 12.7. The molecule has 6 nitrogen and oxygen atoms in total. The summed E-state index contributed by atoms with van der Waals surface area (Å²) >= 11 is 1.68. The molecular weight excluding hydrogens is 335 g/mol. The van der Waals surface area contributed by atoms with E-state index in [1.807, 2.05) is 0 Å². The van der Waals surface area contributed by atoms with Gasteiger partial charge in [0.1, 0.15) is 18.1 Å². The number of amides is 4. The van der Waals surface area contributed by atoms with Crippen molar-refractivity contribution in [1.29, 1.82) is 0 Å². The number of carbonyl (C=O) groups is 3. The van der Waals surface area contributed by atoms with Crippen molar-refractivity contribution in [2.45, 2.75) is 37.0 Å². The lowest BCUT2D eigenvalue weighted by atomic mass is 9.92. The van der Waals surface area contributed by atoms with E-state index in [1.165, 1.54) is 0 Å². The Kier molecular flexibility index (Phi) is 3.97. The number of carbonyl (C=O) groups excluding carboxylic acids is 3. The van der Waals surface area contributed by atoms with Crippen molar-refractivity contribution in [2.24, 2.45) is 0 Å². The van der Waals surface area contributed by atoms with Crippen LogP contribution in [0.2, 0.25) is 0 Å². The molecule has 0 aromatic carbocycles. The summed E-state index contributed by atoms with van der Waals surface area (Å²) in [7, 11) is 0. The lowest BCUT2D eigenvalue weighted by Crippen LogP contribution is -2.51. The minimum Gasteiger partial charge on any atom is -0.332 e. The highest BCUT2D eigenvalue weighted by Gasteiger charge is 2.56. The van der Waals surface area contributed by atoms with Crippen molar-refractivity contribution in [2.75, 3.05) is 24.6 Å². The van der Waals surface area contributed by atoms with Gasteiger partial charge >= 0.3 is 12.2 Å². The fourth-order valence-electron chi connectivity index (χ4n) is 3.32. The topological polar surface area (TPSA) is 69.7 Å². The predicted molar refractivity (Wildman–Crippen MR) is 75.7 cm³/mol. The molecule has 1 N–H and O–H groups in total. The molecule has 23 heavy (non-hydrogen) atoms. The van der Waals surface area contributed by atoms with Gasteiger partial charge in [-0.05, 0) is 30.8 Å². The van der Waals surface area contributed by atoms with Crippen LogP contribution in [0, 0.1) is 0 Å². The number of halogens is 3. The highest BCUT2D eigenvalue weighted by molar-refractivity contribution is 7.99. The number of rotatable bonds is 2. The Labute approximate surface area is 134 Å². The van der Waals surface area contributed by atoms with E-state index in [-0.39, 0.29) is 13.0 Å². The van der Waals surface area contributed by atoms with E-state index in [0.29, 0.717) is 17.7 Å². The summed E-state index contributed by atoms with van der Waals surface area (Å²) in [5, 5.41) is 2.66. The quantitative estimate of drug-likeness (QED) is 0.753. The van der Waals surface area contributed by atoms with Gasteiger partial charge in [-0.2, -0.15) is 24.9 Å². The molecule has 3 aliphatic rings. The molecule has 3 fully saturated rings. The van der Waals surface area contributed by atoms with Crippen LogP contribution in [0.1, 0.15) is 19.3 Å². The minimum absolute atomic E-state index is 0.0406. The Bertz CT molecular complexity index is 548. The first kappa shape index (κ1) is 16.4. The van der Waals surface area contributed by atoms with Crippen LogP contribution in [0.15, 0.2) is 0 Å². The third-order valence-electron chi connectivity index (χ3n) is 4.49. The molecular formula is C13H16F3N3O3S. The second-order valence-electron chi connectivity index (χ2n) is 5.98. The molecule has 1 unspecified atom stereocenters. The van der Waals surface area contributed by atoms with Gasteiger partial charge in [0.05, 0.1) is 0 Å². The van der Waals surface area contributed by atoms with Crippen LogP contribution < -0.4 is 5.32 Å². The summed E-state index contributed by atoms with van der Waals surface area (Å²) in [5.41, 5.74) is -0.986. The first-order valence-corrected chi connectivity index (χ1v) is 8.48. The third-order valence-corrected chi connectivity index (χ3v) is 5.48. The van der Waals surface area contributed by atoms with Gasteiger partial charge in [0.2, 0.25) is 5.91 Å². The molecule has 3 aliphatic heterocycles. The van der Waals surface area contributed by atoms with Crippen LogP contribution in [-0.2, 0) is 9.59 Å². The Morgan fingerprint density at radius 1 is 1.22 bits per heavy atom. The van der Waals surface area contributed by atoms with Gasteiger partial charge in [-0.3, -0.25) is 9.59 Å². The van der Waals surface area contributed by atoms with Crippen molar-refractivity contribution in [3.8, 4) is 0 Å². The Morgan fingerprint density at radius 2 is 1.87 bits per heavy atom. The zero-order valence-electron chi connectivity index (χ0n) is 12.2.